The van der Waals surface area contributed by atoms with E-state index in [-0.39, 0.29) is 30.2 Å². The third kappa shape index (κ3) is 3.92. The number of nitrogens with one attached hydrogen (secondary N) is 1. The maximum atomic E-state index is 12.1. The minimum Gasteiger partial charge on any atom is -0.481 e. The zero-order chi connectivity index (χ0) is 17.1. The number of thiazole rings is 1. The van der Waals surface area contributed by atoms with Crippen LogP contribution in [-0.2, 0) is 20.8 Å². The van der Waals surface area contributed by atoms with Crippen LogP contribution in [0.5, 0.6) is 0 Å². The van der Waals surface area contributed by atoms with Crippen molar-refractivity contribution in [3.63, 3.8) is 0 Å². The number of amides is 2. The highest BCUT2D eigenvalue weighted by Gasteiger charge is 2.27. The van der Waals surface area contributed by atoms with Gasteiger partial charge in [0.25, 0.3) is 0 Å². The standard InChI is InChI=1S/C16H21N3O4S/c20-13(17-11-5-3-10(4-6-11)15(22)23)8-12-9-24-16(18-12)19-7-1-2-14(19)21/h9-11H,1-8H2,(H,17,20)(H,22,23). The van der Waals surface area contributed by atoms with Gasteiger partial charge in [-0.3, -0.25) is 19.3 Å². The summed E-state index contributed by atoms with van der Waals surface area (Å²) in [6.45, 7) is 0.699. The Morgan fingerprint density at radius 1 is 1.33 bits per heavy atom. The summed E-state index contributed by atoms with van der Waals surface area (Å²) in [4.78, 5) is 40.9. The SMILES string of the molecule is O=C(Cc1csc(N2CCCC2=O)n1)NC1CCC(C(=O)O)CC1. The highest BCUT2D eigenvalue weighted by atomic mass is 32.1. The van der Waals surface area contributed by atoms with Gasteiger partial charge in [0, 0.05) is 24.4 Å². The molecule has 2 amide bonds. The normalized spacial score (nSPS) is 24.2. The van der Waals surface area contributed by atoms with Crippen molar-refractivity contribution < 1.29 is 19.5 Å². The molecule has 1 aromatic rings. The molecular weight excluding hydrogens is 330 g/mol. The van der Waals surface area contributed by atoms with Crippen molar-refractivity contribution in [3.05, 3.63) is 11.1 Å². The Hall–Kier alpha value is -1.96. The Morgan fingerprint density at radius 2 is 2.08 bits per heavy atom. The van der Waals surface area contributed by atoms with E-state index in [1.807, 2.05) is 5.38 Å². The first-order valence-corrected chi connectivity index (χ1v) is 9.18. The summed E-state index contributed by atoms with van der Waals surface area (Å²) < 4.78 is 0. The van der Waals surface area contributed by atoms with E-state index in [1.165, 1.54) is 11.3 Å². The van der Waals surface area contributed by atoms with Crippen LogP contribution in [-0.4, -0.2) is 40.5 Å². The lowest BCUT2D eigenvalue weighted by Gasteiger charge is -2.26. The molecule has 0 bridgehead atoms. The maximum absolute atomic E-state index is 12.1. The Kier molecular flexibility index (Phi) is 5.13. The molecule has 8 heteroatoms. The zero-order valence-electron chi connectivity index (χ0n) is 13.4. The molecule has 2 N–H and O–H groups in total. The monoisotopic (exact) mass is 351 g/mol. The van der Waals surface area contributed by atoms with E-state index in [4.69, 9.17) is 5.11 Å². The summed E-state index contributed by atoms with van der Waals surface area (Å²) in [7, 11) is 0. The Labute approximate surface area is 144 Å². The molecule has 2 aliphatic rings. The molecule has 130 valence electrons. The number of carbonyl (C=O) groups excluding carboxylic acids is 2. The molecule has 2 heterocycles. The van der Waals surface area contributed by atoms with Gasteiger partial charge >= 0.3 is 5.97 Å². The van der Waals surface area contributed by atoms with Crippen LogP contribution >= 0.6 is 11.3 Å². The fourth-order valence-corrected chi connectivity index (χ4v) is 4.15. The number of rotatable bonds is 5. The van der Waals surface area contributed by atoms with Crippen LogP contribution < -0.4 is 10.2 Å². The number of aliphatic carboxylic acids is 1. The van der Waals surface area contributed by atoms with Crippen molar-refractivity contribution in [3.8, 4) is 0 Å². The van der Waals surface area contributed by atoms with Crippen LogP contribution in [0.15, 0.2) is 5.38 Å². The molecular formula is C16H21N3O4S. The van der Waals surface area contributed by atoms with Gasteiger partial charge in [0.1, 0.15) is 0 Å². The van der Waals surface area contributed by atoms with Gasteiger partial charge in [0.05, 0.1) is 18.0 Å². The van der Waals surface area contributed by atoms with Gasteiger partial charge in [0.15, 0.2) is 5.13 Å². The second-order valence-electron chi connectivity index (χ2n) is 6.40. The summed E-state index contributed by atoms with van der Waals surface area (Å²) in [6.07, 6.45) is 4.23. The highest BCUT2D eigenvalue weighted by molar-refractivity contribution is 7.14. The predicted octanol–water partition coefficient (Wildman–Crippen LogP) is 1.57. The van der Waals surface area contributed by atoms with Crippen molar-refractivity contribution in [1.29, 1.82) is 0 Å². The molecule has 0 aromatic carbocycles. The predicted molar refractivity (Wildman–Crippen MR) is 88.9 cm³/mol. The summed E-state index contributed by atoms with van der Waals surface area (Å²) in [6, 6.07) is 0.0476. The molecule has 24 heavy (non-hydrogen) atoms. The van der Waals surface area contributed by atoms with Gasteiger partial charge in [0.2, 0.25) is 11.8 Å². The molecule has 0 radical (unpaired) electrons. The molecule has 0 unspecified atom stereocenters. The average Bonchev–Trinajstić information content (AvgIpc) is 3.16. The van der Waals surface area contributed by atoms with E-state index in [9.17, 15) is 14.4 Å². The average molecular weight is 351 g/mol. The zero-order valence-corrected chi connectivity index (χ0v) is 14.2. The van der Waals surface area contributed by atoms with Gasteiger partial charge in [-0.15, -0.1) is 11.3 Å². The number of aromatic nitrogens is 1. The molecule has 0 atom stereocenters. The number of hydrogen-bond acceptors (Lipinski definition) is 5. The van der Waals surface area contributed by atoms with Crippen LogP contribution in [0.1, 0.15) is 44.2 Å². The van der Waals surface area contributed by atoms with E-state index in [2.05, 4.69) is 10.3 Å². The van der Waals surface area contributed by atoms with Crippen molar-refractivity contribution >= 4 is 34.3 Å². The Balaban J connectivity index is 1.48. The van der Waals surface area contributed by atoms with Gasteiger partial charge < -0.3 is 10.4 Å². The topological polar surface area (TPSA) is 99.6 Å². The van der Waals surface area contributed by atoms with Crippen LogP contribution in [0.4, 0.5) is 5.13 Å². The van der Waals surface area contributed by atoms with Crippen molar-refractivity contribution in [2.24, 2.45) is 5.92 Å². The van der Waals surface area contributed by atoms with Crippen LogP contribution in [0.2, 0.25) is 0 Å². The van der Waals surface area contributed by atoms with Gasteiger partial charge in [-0.2, -0.15) is 0 Å². The van der Waals surface area contributed by atoms with Gasteiger partial charge in [-0.1, -0.05) is 0 Å². The fourth-order valence-electron chi connectivity index (χ4n) is 3.28. The first-order chi connectivity index (χ1) is 11.5. The number of hydrogen-bond donors (Lipinski definition) is 2. The Bertz CT molecular complexity index is 637. The molecule has 0 spiro atoms. The van der Waals surface area contributed by atoms with Crippen LogP contribution in [0.3, 0.4) is 0 Å². The smallest absolute Gasteiger partial charge is 0.306 e. The van der Waals surface area contributed by atoms with E-state index in [0.29, 0.717) is 49.5 Å². The van der Waals surface area contributed by atoms with E-state index < -0.39 is 5.97 Å². The molecule has 1 aliphatic carbocycles. The Morgan fingerprint density at radius 3 is 2.71 bits per heavy atom. The molecule has 7 nitrogen and oxygen atoms in total. The van der Waals surface area contributed by atoms with E-state index in [0.717, 1.165) is 6.42 Å². The number of carbonyl (C=O) groups is 3. The number of carboxylic acid groups (broad SMARTS) is 1. The number of carboxylic acids is 1. The minimum atomic E-state index is -0.744. The molecule has 1 saturated heterocycles. The molecule has 1 aliphatic heterocycles. The second-order valence-corrected chi connectivity index (χ2v) is 7.24. The van der Waals surface area contributed by atoms with Crippen molar-refractivity contribution in [2.75, 3.05) is 11.4 Å². The summed E-state index contributed by atoms with van der Waals surface area (Å²) >= 11 is 1.39. The first kappa shape index (κ1) is 16.9. The lowest BCUT2D eigenvalue weighted by atomic mass is 9.86. The summed E-state index contributed by atoms with van der Waals surface area (Å²) in [5, 5.41) is 14.4. The minimum absolute atomic E-state index is 0.0476. The van der Waals surface area contributed by atoms with E-state index in [1.54, 1.807) is 4.90 Å². The fraction of sp³-hybridized carbons (Fsp3) is 0.625. The highest BCUT2D eigenvalue weighted by Crippen LogP contribution is 2.26. The first-order valence-electron chi connectivity index (χ1n) is 8.30. The van der Waals surface area contributed by atoms with E-state index >= 15 is 0 Å². The lowest BCUT2D eigenvalue weighted by molar-refractivity contribution is -0.142. The third-order valence-corrected chi connectivity index (χ3v) is 5.54. The van der Waals surface area contributed by atoms with Crippen LogP contribution in [0.25, 0.3) is 0 Å². The molecule has 3 rings (SSSR count). The summed E-state index contributed by atoms with van der Waals surface area (Å²) in [5.74, 6) is -1.03. The molecule has 1 saturated carbocycles. The van der Waals surface area contributed by atoms with Crippen LogP contribution in [0, 0.1) is 5.92 Å². The van der Waals surface area contributed by atoms with Gasteiger partial charge in [-0.05, 0) is 32.1 Å². The largest absolute Gasteiger partial charge is 0.481 e. The van der Waals surface area contributed by atoms with Crippen molar-refractivity contribution in [1.82, 2.24) is 10.3 Å². The summed E-state index contributed by atoms with van der Waals surface area (Å²) in [5.41, 5.74) is 0.673. The third-order valence-electron chi connectivity index (χ3n) is 4.63. The quantitative estimate of drug-likeness (QED) is 0.839. The lowest BCUT2D eigenvalue weighted by Crippen LogP contribution is -2.39. The molecule has 1 aromatic heterocycles. The number of nitrogens with zero attached hydrogens (tertiary/aromatic N) is 2. The molecule has 2 fully saturated rings. The maximum Gasteiger partial charge on any atom is 0.306 e. The van der Waals surface area contributed by atoms with Gasteiger partial charge in [-0.25, -0.2) is 4.98 Å². The van der Waals surface area contributed by atoms with Crippen molar-refractivity contribution in [2.45, 2.75) is 51.0 Å². The number of anilines is 1. The second kappa shape index (κ2) is 7.29.